The third-order valence-corrected chi connectivity index (χ3v) is 2.06. The summed E-state index contributed by atoms with van der Waals surface area (Å²) in [5.41, 5.74) is -0.470. The molecule has 4 heteroatoms. The van der Waals surface area contributed by atoms with Crippen LogP contribution in [0.1, 0.15) is 30.1 Å². The largest absolute Gasteiger partial charge is 0.381 e. The summed E-state index contributed by atoms with van der Waals surface area (Å²) in [5.74, 6) is -2.20. The first-order valence-corrected chi connectivity index (χ1v) is 5.21. The third-order valence-electron chi connectivity index (χ3n) is 2.06. The van der Waals surface area contributed by atoms with E-state index in [-0.39, 0.29) is 13.0 Å². The lowest BCUT2D eigenvalue weighted by Gasteiger charge is -2.04. The molecule has 0 unspecified atom stereocenters. The number of rotatable bonds is 6. The SMILES string of the molecule is CCCOCCC(=O)c1c(F)cccc1F. The molecule has 0 radical (unpaired) electrons. The van der Waals surface area contributed by atoms with Crippen LogP contribution in [0.3, 0.4) is 0 Å². The summed E-state index contributed by atoms with van der Waals surface area (Å²) >= 11 is 0. The Hall–Kier alpha value is -1.29. The van der Waals surface area contributed by atoms with E-state index in [9.17, 15) is 13.6 Å². The fourth-order valence-electron chi connectivity index (χ4n) is 1.30. The molecule has 0 amide bonds. The molecule has 0 heterocycles. The predicted octanol–water partition coefficient (Wildman–Crippen LogP) is 2.96. The molecule has 0 aliphatic rings. The highest BCUT2D eigenvalue weighted by Gasteiger charge is 2.16. The molecular weight excluding hydrogens is 214 g/mol. The van der Waals surface area contributed by atoms with E-state index in [1.54, 1.807) is 0 Å². The zero-order chi connectivity index (χ0) is 12.0. The first-order valence-electron chi connectivity index (χ1n) is 5.21. The second-order valence-corrected chi connectivity index (χ2v) is 3.38. The average Bonchev–Trinajstić information content (AvgIpc) is 2.24. The van der Waals surface area contributed by atoms with Gasteiger partial charge in [-0.05, 0) is 18.6 Å². The van der Waals surface area contributed by atoms with Crippen LogP contribution >= 0.6 is 0 Å². The lowest BCUT2D eigenvalue weighted by molar-refractivity contribution is 0.0871. The van der Waals surface area contributed by atoms with Gasteiger partial charge in [-0.2, -0.15) is 0 Å². The van der Waals surface area contributed by atoms with Crippen molar-refractivity contribution in [3.05, 3.63) is 35.4 Å². The highest BCUT2D eigenvalue weighted by molar-refractivity contribution is 5.96. The molecule has 0 N–H and O–H groups in total. The van der Waals surface area contributed by atoms with Crippen molar-refractivity contribution < 1.29 is 18.3 Å². The number of Topliss-reactive ketones (excluding diaryl/α,β-unsaturated/α-hetero) is 1. The number of hydrogen-bond acceptors (Lipinski definition) is 2. The van der Waals surface area contributed by atoms with E-state index in [0.717, 1.165) is 18.6 Å². The van der Waals surface area contributed by atoms with Crippen molar-refractivity contribution in [2.75, 3.05) is 13.2 Å². The number of carbonyl (C=O) groups excluding carboxylic acids is 1. The standard InChI is InChI=1S/C12H14F2O2/c1-2-7-16-8-6-11(15)12-9(13)4-3-5-10(12)14/h3-5H,2,6-8H2,1H3. The fraction of sp³-hybridized carbons (Fsp3) is 0.417. The van der Waals surface area contributed by atoms with Gasteiger partial charge in [-0.1, -0.05) is 13.0 Å². The highest BCUT2D eigenvalue weighted by atomic mass is 19.1. The first kappa shape index (κ1) is 12.8. The second kappa shape index (κ2) is 6.33. The molecule has 88 valence electrons. The van der Waals surface area contributed by atoms with E-state index < -0.39 is 23.0 Å². The van der Waals surface area contributed by atoms with Gasteiger partial charge in [0.15, 0.2) is 5.78 Å². The van der Waals surface area contributed by atoms with E-state index in [1.807, 2.05) is 6.92 Å². The van der Waals surface area contributed by atoms with E-state index >= 15 is 0 Å². The number of benzene rings is 1. The maximum atomic E-state index is 13.2. The topological polar surface area (TPSA) is 26.3 Å². The van der Waals surface area contributed by atoms with Crippen molar-refractivity contribution in [1.82, 2.24) is 0 Å². The van der Waals surface area contributed by atoms with Gasteiger partial charge >= 0.3 is 0 Å². The molecule has 0 atom stereocenters. The van der Waals surface area contributed by atoms with Crippen molar-refractivity contribution in [1.29, 1.82) is 0 Å². The van der Waals surface area contributed by atoms with Crippen LogP contribution in [0, 0.1) is 11.6 Å². The third kappa shape index (κ3) is 3.38. The molecule has 0 saturated carbocycles. The lowest BCUT2D eigenvalue weighted by Crippen LogP contribution is -2.09. The van der Waals surface area contributed by atoms with Gasteiger partial charge in [-0.3, -0.25) is 4.79 Å². The Morgan fingerprint density at radius 3 is 2.44 bits per heavy atom. The minimum Gasteiger partial charge on any atom is -0.381 e. The molecule has 1 rings (SSSR count). The van der Waals surface area contributed by atoms with Crippen LogP contribution in [0.5, 0.6) is 0 Å². The van der Waals surface area contributed by atoms with Gasteiger partial charge < -0.3 is 4.74 Å². The summed E-state index contributed by atoms with van der Waals surface area (Å²) in [7, 11) is 0. The van der Waals surface area contributed by atoms with E-state index in [2.05, 4.69) is 0 Å². The van der Waals surface area contributed by atoms with Crippen molar-refractivity contribution in [3.63, 3.8) is 0 Å². The van der Waals surface area contributed by atoms with Crippen LogP contribution in [0.15, 0.2) is 18.2 Å². The Morgan fingerprint density at radius 1 is 1.25 bits per heavy atom. The van der Waals surface area contributed by atoms with Gasteiger partial charge in [0.25, 0.3) is 0 Å². The molecule has 0 bridgehead atoms. The van der Waals surface area contributed by atoms with E-state index in [0.29, 0.717) is 6.61 Å². The van der Waals surface area contributed by atoms with Gasteiger partial charge in [0, 0.05) is 13.0 Å². The Bertz CT molecular complexity index is 344. The van der Waals surface area contributed by atoms with Gasteiger partial charge in [-0.25, -0.2) is 8.78 Å². The number of halogens is 2. The molecule has 0 fully saturated rings. The van der Waals surface area contributed by atoms with Crippen LogP contribution in [0.2, 0.25) is 0 Å². The Kier molecular flexibility index (Phi) is 5.05. The molecule has 0 aliphatic heterocycles. The molecule has 1 aromatic rings. The predicted molar refractivity (Wildman–Crippen MR) is 56.4 cm³/mol. The van der Waals surface area contributed by atoms with Crippen molar-refractivity contribution in [3.8, 4) is 0 Å². The van der Waals surface area contributed by atoms with Crippen molar-refractivity contribution in [2.45, 2.75) is 19.8 Å². The summed E-state index contributed by atoms with van der Waals surface area (Å²) in [4.78, 5) is 11.5. The monoisotopic (exact) mass is 228 g/mol. The molecule has 0 aromatic heterocycles. The second-order valence-electron chi connectivity index (χ2n) is 3.38. The number of carbonyl (C=O) groups is 1. The number of ether oxygens (including phenoxy) is 1. The first-order chi connectivity index (χ1) is 7.66. The average molecular weight is 228 g/mol. The maximum absolute atomic E-state index is 13.2. The molecule has 0 saturated heterocycles. The van der Waals surface area contributed by atoms with Crippen molar-refractivity contribution >= 4 is 5.78 Å². The molecule has 2 nitrogen and oxygen atoms in total. The molecule has 16 heavy (non-hydrogen) atoms. The Balaban J connectivity index is 2.59. The van der Waals surface area contributed by atoms with Crippen LogP contribution < -0.4 is 0 Å². The normalized spacial score (nSPS) is 10.4. The highest BCUT2D eigenvalue weighted by Crippen LogP contribution is 2.14. The zero-order valence-corrected chi connectivity index (χ0v) is 9.13. The van der Waals surface area contributed by atoms with E-state index in [4.69, 9.17) is 4.74 Å². The van der Waals surface area contributed by atoms with Gasteiger partial charge in [0.1, 0.15) is 11.6 Å². The number of ketones is 1. The van der Waals surface area contributed by atoms with Crippen LogP contribution in [0.25, 0.3) is 0 Å². The van der Waals surface area contributed by atoms with Gasteiger partial charge in [0.2, 0.25) is 0 Å². The maximum Gasteiger partial charge on any atom is 0.171 e. The quantitative estimate of drug-likeness (QED) is 0.552. The summed E-state index contributed by atoms with van der Waals surface area (Å²) in [5, 5.41) is 0. The zero-order valence-electron chi connectivity index (χ0n) is 9.13. The molecule has 0 spiro atoms. The summed E-state index contributed by atoms with van der Waals surface area (Å²) in [6.45, 7) is 2.69. The Labute approximate surface area is 93.2 Å². The minimum atomic E-state index is -0.819. The fourth-order valence-corrected chi connectivity index (χ4v) is 1.30. The van der Waals surface area contributed by atoms with Crippen LogP contribution in [-0.4, -0.2) is 19.0 Å². The molecule has 0 aliphatic carbocycles. The Morgan fingerprint density at radius 2 is 1.88 bits per heavy atom. The molecular formula is C12H14F2O2. The summed E-state index contributed by atoms with van der Waals surface area (Å²) < 4.78 is 31.4. The lowest BCUT2D eigenvalue weighted by atomic mass is 10.1. The van der Waals surface area contributed by atoms with Crippen LogP contribution in [-0.2, 0) is 4.74 Å². The van der Waals surface area contributed by atoms with E-state index in [1.165, 1.54) is 6.07 Å². The summed E-state index contributed by atoms with van der Waals surface area (Å²) in [6, 6.07) is 3.38. The molecule has 1 aromatic carbocycles. The van der Waals surface area contributed by atoms with Crippen molar-refractivity contribution in [2.24, 2.45) is 0 Å². The van der Waals surface area contributed by atoms with Crippen LogP contribution in [0.4, 0.5) is 8.78 Å². The minimum absolute atomic E-state index is 0.00213. The number of hydrogen-bond donors (Lipinski definition) is 0. The smallest absolute Gasteiger partial charge is 0.171 e. The van der Waals surface area contributed by atoms with Gasteiger partial charge in [-0.15, -0.1) is 0 Å². The summed E-state index contributed by atoms with van der Waals surface area (Å²) in [6.07, 6.45) is 0.847. The van der Waals surface area contributed by atoms with Gasteiger partial charge in [0.05, 0.1) is 12.2 Å².